The Balaban J connectivity index is 2.56. The van der Waals surface area contributed by atoms with Crippen molar-refractivity contribution in [2.24, 2.45) is 0 Å². The molecule has 0 saturated heterocycles. The minimum atomic E-state index is -0.766. The van der Waals surface area contributed by atoms with Crippen LogP contribution in [-0.4, -0.2) is 17.7 Å². The number of aliphatic hydroxyl groups is 1. The Morgan fingerprint density at radius 1 is 1.24 bits per heavy atom. The van der Waals surface area contributed by atoms with Crippen LogP contribution in [-0.2, 0) is 20.9 Å². The molecule has 0 aliphatic rings. The Morgan fingerprint density at radius 3 is 2.47 bits per heavy atom. The van der Waals surface area contributed by atoms with Gasteiger partial charge in [-0.05, 0) is 19.4 Å². The van der Waals surface area contributed by atoms with Gasteiger partial charge in [0, 0.05) is 0 Å². The zero-order valence-corrected chi connectivity index (χ0v) is 9.97. The molecule has 0 aliphatic heterocycles. The SMILES string of the molecule is CCOC(=O)/C(O)=C(\C)OCc1ccccc1. The van der Waals surface area contributed by atoms with Crippen molar-refractivity contribution in [1.82, 2.24) is 0 Å². The molecule has 0 atom stereocenters. The van der Waals surface area contributed by atoms with Crippen LogP contribution in [0.1, 0.15) is 19.4 Å². The highest BCUT2D eigenvalue weighted by Crippen LogP contribution is 2.09. The summed E-state index contributed by atoms with van der Waals surface area (Å²) in [5.74, 6) is -1.09. The lowest BCUT2D eigenvalue weighted by Gasteiger charge is -2.08. The number of aliphatic hydroxyl groups excluding tert-OH is 1. The van der Waals surface area contributed by atoms with E-state index in [1.807, 2.05) is 30.3 Å². The quantitative estimate of drug-likeness (QED) is 0.485. The third kappa shape index (κ3) is 4.18. The van der Waals surface area contributed by atoms with Gasteiger partial charge in [-0.2, -0.15) is 0 Å². The zero-order chi connectivity index (χ0) is 12.7. The molecule has 1 N–H and O–H groups in total. The predicted molar refractivity (Wildman–Crippen MR) is 63.2 cm³/mol. The Bertz CT molecular complexity index is 395. The van der Waals surface area contributed by atoms with E-state index < -0.39 is 11.7 Å². The van der Waals surface area contributed by atoms with Crippen molar-refractivity contribution in [2.75, 3.05) is 6.61 Å². The molecule has 1 aromatic rings. The summed E-state index contributed by atoms with van der Waals surface area (Å²) in [6, 6.07) is 9.48. The number of rotatable bonds is 5. The number of benzene rings is 1. The largest absolute Gasteiger partial charge is 0.499 e. The molecule has 4 nitrogen and oxygen atoms in total. The molecule has 0 radical (unpaired) electrons. The number of hydrogen-bond acceptors (Lipinski definition) is 4. The molecule has 0 bridgehead atoms. The average molecular weight is 236 g/mol. The van der Waals surface area contributed by atoms with Gasteiger partial charge in [-0.3, -0.25) is 0 Å². The van der Waals surface area contributed by atoms with E-state index in [0.717, 1.165) is 5.56 Å². The number of hydrogen-bond donors (Lipinski definition) is 1. The number of ether oxygens (including phenoxy) is 2. The van der Waals surface area contributed by atoms with Gasteiger partial charge in [-0.25, -0.2) is 4.79 Å². The second kappa shape index (κ2) is 6.58. The van der Waals surface area contributed by atoms with Gasteiger partial charge < -0.3 is 14.6 Å². The van der Waals surface area contributed by atoms with Gasteiger partial charge in [0.1, 0.15) is 12.4 Å². The van der Waals surface area contributed by atoms with Crippen molar-refractivity contribution in [3.8, 4) is 0 Å². The summed E-state index contributed by atoms with van der Waals surface area (Å²) in [6.07, 6.45) is 0. The molecule has 0 aliphatic carbocycles. The van der Waals surface area contributed by atoms with E-state index in [0.29, 0.717) is 6.61 Å². The van der Waals surface area contributed by atoms with Crippen LogP contribution >= 0.6 is 0 Å². The molecule has 0 amide bonds. The first-order chi connectivity index (χ1) is 8.15. The predicted octanol–water partition coefficient (Wildman–Crippen LogP) is 2.56. The summed E-state index contributed by atoms with van der Waals surface area (Å²) in [4.78, 5) is 11.2. The van der Waals surface area contributed by atoms with Crippen LogP contribution < -0.4 is 0 Å². The van der Waals surface area contributed by atoms with E-state index in [9.17, 15) is 9.90 Å². The Kier molecular flexibility index (Phi) is 5.07. The normalized spacial score (nSPS) is 11.6. The van der Waals surface area contributed by atoms with E-state index in [1.54, 1.807) is 6.92 Å². The molecular weight excluding hydrogens is 220 g/mol. The molecule has 4 heteroatoms. The summed E-state index contributed by atoms with van der Waals surface area (Å²) in [7, 11) is 0. The van der Waals surface area contributed by atoms with Crippen LogP contribution in [0.15, 0.2) is 41.9 Å². The number of esters is 1. The van der Waals surface area contributed by atoms with Gasteiger partial charge in [0.25, 0.3) is 0 Å². The summed E-state index contributed by atoms with van der Waals surface area (Å²) >= 11 is 0. The highest BCUT2D eigenvalue weighted by Gasteiger charge is 2.13. The van der Waals surface area contributed by atoms with Gasteiger partial charge in [0.15, 0.2) is 0 Å². The van der Waals surface area contributed by atoms with Gasteiger partial charge in [0.2, 0.25) is 5.76 Å². The van der Waals surface area contributed by atoms with E-state index in [2.05, 4.69) is 4.74 Å². The Hall–Kier alpha value is -1.97. The number of allylic oxidation sites excluding steroid dienone is 1. The molecule has 0 spiro atoms. The van der Waals surface area contributed by atoms with Crippen LogP contribution in [0.3, 0.4) is 0 Å². The van der Waals surface area contributed by atoms with Crippen LogP contribution in [0.5, 0.6) is 0 Å². The summed E-state index contributed by atoms with van der Waals surface area (Å²) in [5, 5.41) is 9.48. The third-order valence-corrected chi connectivity index (χ3v) is 2.10. The highest BCUT2D eigenvalue weighted by atomic mass is 16.5. The lowest BCUT2D eigenvalue weighted by molar-refractivity contribution is -0.142. The highest BCUT2D eigenvalue weighted by molar-refractivity contribution is 5.86. The first-order valence-corrected chi connectivity index (χ1v) is 5.38. The van der Waals surface area contributed by atoms with E-state index in [1.165, 1.54) is 6.92 Å². The first-order valence-electron chi connectivity index (χ1n) is 5.38. The molecule has 1 aromatic carbocycles. The number of carbonyl (C=O) groups excluding carboxylic acids is 1. The molecular formula is C13H16O4. The van der Waals surface area contributed by atoms with E-state index in [4.69, 9.17) is 4.74 Å². The van der Waals surface area contributed by atoms with Crippen LogP contribution in [0.25, 0.3) is 0 Å². The molecule has 17 heavy (non-hydrogen) atoms. The average Bonchev–Trinajstić information content (AvgIpc) is 2.36. The number of carbonyl (C=O) groups is 1. The Labute approximate surface area is 100 Å². The lowest BCUT2D eigenvalue weighted by atomic mass is 10.2. The second-order valence-corrected chi connectivity index (χ2v) is 3.40. The minimum Gasteiger partial charge on any atom is -0.499 e. The van der Waals surface area contributed by atoms with E-state index in [-0.39, 0.29) is 12.4 Å². The van der Waals surface area contributed by atoms with Gasteiger partial charge in [0.05, 0.1) is 6.61 Å². The van der Waals surface area contributed by atoms with Crippen molar-refractivity contribution >= 4 is 5.97 Å². The molecule has 92 valence electrons. The topological polar surface area (TPSA) is 55.8 Å². The second-order valence-electron chi connectivity index (χ2n) is 3.40. The molecule has 1 rings (SSSR count). The van der Waals surface area contributed by atoms with Crippen LogP contribution in [0, 0.1) is 0 Å². The van der Waals surface area contributed by atoms with Gasteiger partial charge in [-0.15, -0.1) is 0 Å². The fraction of sp³-hybridized carbons (Fsp3) is 0.308. The maximum atomic E-state index is 11.2. The summed E-state index contributed by atoms with van der Waals surface area (Å²) in [5.41, 5.74) is 0.962. The smallest absolute Gasteiger partial charge is 0.376 e. The molecule has 0 heterocycles. The molecule has 0 aromatic heterocycles. The monoisotopic (exact) mass is 236 g/mol. The van der Waals surface area contributed by atoms with Crippen molar-refractivity contribution in [1.29, 1.82) is 0 Å². The van der Waals surface area contributed by atoms with Crippen molar-refractivity contribution in [3.63, 3.8) is 0 Å². The Morgan fingerprint density at radius 2 is 1.88 bits per heavy atom. The van der Waals surface area contributed by atoms with Crippen molar-refractivity contribution < 1.29 is 19.4 Å². The fourth-order valence-electron chi connectivity index (χ4n) is 1.18. The lowest BCUT2D eigenvalue weighted by Crippen LogP contribution is -2.10. The van der Waals surface area contributed by atoms with Crippen LogP contribution in [0.2, 0.25) is 0 Å². The zero-order valence-electron chi connectivity index (χ0n) is 9.97. The van der Waals surface area contributed by atoms with Crippen molar-refractivity contribution in [2.45, 2.75) is 20.5 Å². The van der Waals surface area contributed by atoms with Gasteiger partial charge in [-0.1, -0.05) is 30.3 Å². The molecule has 0 fully saturated rings. The maximum absolute atomic E-state index is 11.2. The molecule has 0 saturated carbocycles. The van der Waals surface area contributed by atoms with Crippen LogP contribution in [0.4, 0.5) is 0 Å². The molecule has 0 unspecified atom stereocenters. The van der Waals surface area contributed by atoms with Crippen molar-refractivity contribution in [3.05, 3.63) is 47.4 Å². The van der Waals surface area contributed by atoms with Gasteiger partial charge >= 0.3 is 5.97 Å². The van der Waals surface area contributed by atoms with E-state index >= 15 is 0 Å². The third-order valence-electron chi connectivity index (χ3n) is 2.10. The minimum absolute atomic E-state index is 0.160. The summed E-state index contributed by atoms with van der Waals surface area (Å²) < 4.78 is 9.94. The standard InChI is InChI=1S/C13H16O4/c1-3-16-13(15)12(14)10(2)17-9-11-7-5-4-6-8-11/h4-8,14H,3,9H2,1-2H3/b12-10-. The maximum Gasteiger partial charge on any atom is 0.376 e. The summed E-state index contributed by atoms with van der Waals surface area (Å²) in [6.45, 7) is 3.71. The first kappa shape index (κ1) is 13.1. The fourth-order valence-corrected chi connectivity index (χ4v) is 1.18.